The molecule has 0 radical (unpaired) electrons. The Balaban J connectivity index is 2.49. The van der Waals surface area contributed by atoms with Crippen molar-refractivity contribution in [2.75, 3.05) is 19.8 Å². The van der Waals surface area contributed by atoms with Crippen LogP contribution in [-0.4, -0.2) is 19.8 Å². The summed E-state index contributed by atoms with van der Waals surface area (Å²) in [6, 6.07) is 2.50. The Morgan fingerprint density at radius 1 is 1.44 bits per heavy atom. The second kappa shape index (κ2) is 8.23. The van der Waals surface area contributed by atoms with E-state index in [2.05, 4.69) is 46.5 Å². The first kappa shape index (κ1) is 14.2. The lowest BCUT2D eigenvalue weighted by Crippen LogP contribution is -2.26. The molecule has 16 heavy (non-hydrogen) atoms. The van der Waals surface area contributed by atoms with Gasteiger partial charge >= 0.3 is 0 Å². The molecule has 2 nitrogen and oxygen atoms in total. The van der Waals surface area contributed by atoms with E-state index >= 15 is 0 Å². The van der Waals surface area contributed by atoms with Crippen molar-refractivity contribution in [3.05, 3.63) is 20.8 Å². The molecule has 0 aliphatic carbocycles. The van der Waals surface area contributed by atoms with Gasteiger partial charge in [-0.05, 0) is 52.3 Å². The van der Waals surface area contributed by atoms with Crippen molar-refractivity contribution in [3.8, 4) is 0 Å². The molecular weight excluding hydrogens is 286 g/mol. The lowest BCUT2D eigenvalue weighted by atomic mass is 10.1. The van der Waals surface area contributed by atoms with E-state index in [1.807, 2.05) is 0 Å². The molecule has 1 rings (SSSR count). The largest absolute Gasteiger partial charge is 0.379 e. The SMILES string of the molecule is CCCNC(COCCC)c1csc(Br)c1. The molecule has 0 aromatic carbocycles. The molecule has 1 N–H and O–H groups in total. The van der Waals surface area contributed by atoms with Crippen molar-refractivity contribution < 1.29 is 4.74 Å². The third kappa shape index (κ3) is 4.95. The van der Waals surface area contributed by atoms with Crippen molar-refractivity contribution in [1.29, 1.82) is 0 Å². The predicted molar refractivity (Wildman–Crippen MR) is 74.2 cm³/mol. The van der Waals surface area contributed by atoms with Crippen molar-refractivity contribution in [2.45, 2.75) is 32.7 Å². The summed E-state index contributed by atoms with van der Waals surface area (Å²) >= 11 is 5.23. The van der Waals surface area contributed by atoms with Gasteiger partial charge < -0.3 is 10.1 Å². The highest BCUT2D eigenvalue weighted by atomic mass is 79.9. The average Bonchev–Trinajstić information content (AvgIpc) is 2.70. The Kier molecular flexibility index (Phi) is 7.28. The molecule has 92 valence electrons. The van der Waals surface area contributed by atoms with Crippen molar-refractivity contribution in [1.82, 2.24) is 5.32 Å². The Bertz CT molecular complexity index is 290. The van der Waals surface area contributed by atoms with Crippen LogP contribution in [0, 0.1) is 0 Å². The molecule has 0 amide bonds. The van der Waals surface area contributed by atoms with Gasteiger partial charge in [0, 0.05) is 6.61 Å². The summed E-state index contributed by atoms with van der Waals surface area (Å²) in [7, 11) is 0. The minimum atomic E-state index is 0.328. The molecule has 0 saturated carbocycles. The average molecular weight is 306 g/mol. The first-order valence-corrected chi connectivity index (χ1v) is 7.50. The third-order valence-corrected chi connectivity index (χ3v) is 3.79. The Morgan fingerprint density at radius 2 is 2.25 bits per heavy atom. The van der Waals surface area contributed by atoms with Gasteiger partial charge in [0.2, 0.25) is 0 Å². The van der Waals surface area contributed by atoms with Crippen molar-refractivity contribution in [3.63, 3.8) is 0 Å². The minimum absolute atomic E-state index is 0.328. The molecule has 4 heteroatoms. The molecule has 1 unspecified atom stereocenters. The van der Waals surface area contributed by atoms with E-state index in [0.29, 0.717) is 6.04 Å². The Labute approximate surface area is 111 Å². The van der Waals surface area contributed by atoms with Gasteiger partial charge in [0.15, 0.2) is 0 Å². The summed E-state index contributed by atoms with van der Waals surface area (Å²) < 4.78 is 6.81. The summed E-state index contributed by atoms with van der Waals surface area (Å²) in [6.45, 7) is 6.95. The van der Waals surface area contributed by atoms with Crippen LogP contribution >= 0.6 is 27.3 Å². The van der Waals surface area contributed by atoms with Crippen LogP contribution in [0.15, 0.2) is 15.2 Å². The van der Waals surface area contributed by atoms with Gasteiger partial charge in [0.05, 0.1) is 16.4 Å². The summed E-state index contributed by atoms with van der Waals surface area (Å²) in [5.74, 6) is 0. The van der Waals surface area contributed by atoms with Crippen LogP contribution in [0.1, 0.15) is 38.3 Å². The summed E-state index contributed by atoms with van der Waals surface area (Å²) in [5.41, 5.74) is 1.32. The fourth-order valence-electron chi connectivity index (χ4n) is 1.44. The zero-order chi connectivity index (χ0) is 11.8. The summed E-state index contributed by atoms with van der Waals surface area (Å²) in [4.78, 5) is 0. The normalized spacial score (nSPS) is 12.9. The Hall–Kier alpha value is 0.100. The van der Waals surface area contributed by atoms with Gasteiger partial charge in [-0.3, -0.25) is 0 Å². The quantitative estimate of drug-likeness (QED) is 0.734. The maximum Gasteiger partial charge on any atom is 0.0701 e. The fourth-order valence-corrected chi connectivity index (χ4v) is 2.67. The van der Waals surface area contributed by atoms with Crippen LogP contribution in [-0.2, 0) is 4.74 Å². The summed E-state index contributed by atoms with van der Waals surface area (Å²) in [6.07, 6.45) is 2.23. The lowest BCUT2D eigenvalue weighted by Gasteiger charge is -2.17. The second-order valence-corrected chi connectivity index (χ2v) is 6.06. The number of hydrogen-bond acceptors (Lipinski definition) is 3. The molecule has 1 aromatic heterocycles. The Morgan fingerprint density at radius 3 is 2.81 bits per heavy atom. The maximum atomic E-state index is 5.63. The van der Waals surface area contributed by atoms with Crippen LogP contribution < -0.4 is 5.32 Å². The number of halogens is 1. The third-order valence-electron chi connectivity index (χ3n) is 2.26. The molecule has 0 aliphatic heterocycles. The molecular formula is C12H20BrNOS. The van der Waals surface area contributed by atoms with E-state index in [9.17, 15) is 0 Å². The smallest absolute Gasteiger partial charge is 0.0701 e. The van der Waals surface area contributed by atoms with E-state index in [0.717, 1.165) is 32.6 Å². The fraction of sp³-hybridized carbons (Fsp3) is 0.667. The second-order valence-electron chi connectivity index (χ2n) is 3.77. The topological polar surface area (TPSA) is 21.3 Å². The first-order valence-electron chi connectivity index (χ1n) is 5.83. The molecule has 1 atom stereocenters. The molecule has 0 spiro atoms. The maximum absolute atomic E-state index is 5.63. The van der Waals surface area contributed by atoms with Gasteiger partial charge in [-0.1, -0.05) is 13.8 Å². The molecule has 1 aromatic rings. The van der Waals surface area contributed by atoms with Gasteiger partial charge in [-0.15, -0.1) is 11.3 Å². The van der Waals surface area contributed by atoms with Gasteiger partial charge in [-0.25, -0.2) is 0 Å². The van der Waals surface area contributed by atoms with E-state index < -0.39 is 0 Å². The van der Waals surface area contributed by atoms with Crippen molar-refractivity contribution >= 4 is 27.3 Å². The highest BCUT2D eigenvalue weighted by Crippen LogP contribution is 2.25. The lowest BCUT2D eigenvalue weighted by molar-refractivity contribution is 0.112. The van der Waals surface area contributed by atoms with Crippen LogP contribution in [0.5, 0.6) is 0 Å². The zero-order valence-corrected chi connectivity index (χ0v) is 12.4. The van der Waals surface area contributed by atoms with Gasteiger partial charge in [-0.2, -0.15) is 0 Å². The van der Waals surface area contributed by atoms with E-state index in [-0.39, 0.29) is 0 Å². The minimum Gasteiger partial charge on any atom is -0.379 e. The van der Waals surface area contributed by atoms with Crippen molar-refractivity contribution in [2.24, 2.45) is 0 Å². The number of ether oxygens (including phenoxy) is 1. The van der Waals surface area contributed by atoms with Gasteiger partial charge in [0.25, 0.3) is 0 Å². The van der Waals surface area contributed by atoms with E-state index in [1.165, 1.54) is 9.35 Å². The number of hydrogen-bond donors (Lipinski definition) is 1. The number of thiophene rings is 1. The zero-order valence-electron chi connectivity index (χ0n) is 9.96. The standard InChI is InChI=1S/C12H20BrNOS/c1-3-5-14-11(8-15-6-4-2)10-7-12(13)16-9-10/h7,9,11,14H,3-6,8H2,1-2H3. The first-order chi connectivity index (χ1) is 7.77. The molecule has 0 bridgehead atoms. The summed E-state index contributed by atoms with van der Waals surface area (Å²) in [5, 5.41) is 5.71. The monoisotopic (exact) mass is 305 g/mol. The highest BCUT2D eigenvalue weighted by Gasteiger charge is 2.12. The number of rotatable bonds is 8. The molecule has 0 saturated heterocycles. The van der Waals surface area contributed by atoms with Crippen LogP contribution in [0.3, 0.4) is 0 Å². The van der Waals surface area contributed by atoms with Gasteiger partial charge in [0.1, 0.15) is 0 Å². The van der Waals surface area contributed by atoms with Crippen LogP contribution in [0.25, 0.3) is 0 Å². The highest BCUT2D eigenvalue weighted by molar-refractivity contribution is 9.11. The number of nitrogens with one attached hydrogen (secondary N) is 1. The molecule has 1 heterocycles. The molecule has 0 aliphatic rings. The van der Waals surface area contributed by atoms with Crippen LogP contribution in [0.4, 0.5) is 0 Å². The molecule has 0 fully saturated rings. The predicted octanol–water partition coefficient (Wildman–Crippen LogP) is 3.98. The van der Waals surface area contributed by atoms with Crippen LogP contribution in [0.2, 0.25) is 0 Å². The van der Waals surface area contributed by atoms with E-state index in [4.69, 9.17) is 4.74 Å². The van der Waals surface area contributed by atoms with E-state index in [1.54, 1.807) is 11.3 Å².